The van der Waals surface area contributed by atoms with E-state index in [9.17, 15) is 9.59 Å². The highest BCUT2D eigenvalue weighted by molar-refractivity contribution is 5.69. The van der Waals surface area contributed by atoms with Crippen LogP contribution in [0.4, 0.5) is 0 Å². The number of hydrogen-bond acceptors (Lipinski definition) is 5. The van der Waals surface area contributed by atoms with Crippen molar-refractivity contribution in [2.75, 3.05) is 20.1 Å². The Morgan fingerprint density at radius 1 is 0.500 bits per heavy atom. The molecule has 0 aliphatic heterocycles. The van der Waals surface area contributed by atoms with Gasteiger partial charge in [0.2, 0.25) is 0 Å². The monoisotopic (exact) mass is 568 g/mol. The zero-order chi connectivity index (χ0) is 29.7. The minimum atomic E-state index is -0.0608. The lowest BCUT2D eigenvalue weighted by Gasteiger charge is -2.21. The molecule has 2 atom stereocenters. The fourth-order valence-corrected chi connectivity index (χ4v) is 5.11. The average Bonchev–Trinajstić information content (AvgIpc) is 2.92. The van der Waals surface area contributed by atoms with Gasteiger partial charge in [-0.15, -0.1) is 0 Å². The van der Waals surface area contributed by atoms with Crippen LogP contribution in [0.25, 0.3) is 0 Å². The summed E-state index contributed by atoms with van der Waals surface area (Å²) in [4.78, 5) is 26.5. The number of carbonyl (C=O) groups excluding carboxylic acids is 2. The Bertz CT molecular complexity index is 520. The van der Waals surface area contributed by atoms with Crippen LogP contribution in [0.3, 0.4) is 0 Å². The maximum atomic E-state index is 12.2. The Balaban J connectivity index is 3.65. The van der Waals surface area contributed by atoms with Crippen LogP contribution >= 0.6 is 0 Å². The minimum Gasteiger partial charge on any atom is -0.463 e. The normalized spacial score (nSPS) is 12.9. The van der Waals surface area contributed by atoms with Gasteiger partial charge in [-0.2, -0.15) is 0 Å². The van der Waals surface area contributed by atoms with Gasteiger partial charge in [0.25, 0.3) is 0 Å². The van der Waals surface area contributed by atoms with Crippen molar-refractivity contribution in [2.24, 2.45) is 0 Å². The van der Waals surface area contributed by atoms with E-state index in [1.54, 1.807) is 0 Å². The van der Waals surface area contributed by atoms with Crippen LogP contribution < -0.4 is 0 Å². The number of rotatable bonds is 30. The summed E-state index contributed by atoms with van der Waals surface area (Å²) in [6, 6.07) is 0. The number of ether oxygens (including phenoxy) is 2. The smallest absolute Gasteiger partial charge is 0.306 e. The standard InChI is InChI=1S/C35H69NO4/c1-6-8-10-12-14-16-18-20-22-24-26-34(37)39-32(3)28-30-36(5)31-29-33(4)40-35(38)27-25-23-21-19-17-15-13-11-9-7-2/h32-33H,6-31H2,1-5H3. The second-order valence-corrected chi connectivity index (χ2v) is 12.3. The summed E-state index contributed by atoms with van der Waals surface area (Å²) >= 11 is 0. The molecule has 5 heteroatoms. The van der Waals surface area contributed by atoms with Crippen LogP contribution in [0.15, 0.2) is 0 Å². The molecule has 0 N–H and O–H groups in total. The van der Waals surface area contributed by atoms with Gasteiger partial charge in [-0.05, 0) is 46.6 Å². The van der Waals surface area contributed by atoms with Gasteiger partial charge in [-0.3, -0.25) is 9.59 Å². The molecule has 0 radical (unpaired) electrons. The van der Waals surface area contributed by atoms with Crippen molar-refractivity contribution < 1.29 is 19.1 Å². The predicted octanol–water partition coefficient (Wildman–Crippen LogP) is 10.2. The van der Waals surface area contributed by atoms with Crippen molar-refractivity contribution in [3.63, 3.8) is 0 Å². The molecule has 238 valence electrons. The SMILES string of the molecule is CCCCCCCCCCCCC(=O)OC(C)CCN(C)CCC(C)OC(=O)CCCCCCCCCCCC. The highest BCUT2D eigenvalue weighted by atomic mass is 16.5. The lowest BCUT2D eigenvalue weighted by atomic mass is 10.1. The van der Waals surface area contributed by atoms with E-state index < -0.39 is 0 Å². The van der Waals surface area contributed by atoms with Crippen molar-refractivity contribution in [3.8, 4) is 0 Å². The van der Waals surface area contributed by atoms with E-state index in [2.05, 4.69) is 25.8 Å². The first-order valence-corrected chi connectivity index (χ1v) is 17.5. The predicted molar refractivity (Wildman–Crippen MR) is 171 cm³/mol. The average molecular weight is 568 g/mol. The van der Waals surface area contributed by atoms with E-state index in [1.807, 2.05) is 13.8 Å². The van der Waals surface area contributed by atoms with E-state index in [0.29, 0.717) is 12.8 Å². The molecule has 0 aromatic carbocycles. The molecule has 0 bridgehead atoms. The third-order valence-corrected chi connectivity index (χ3v) is 7.97. The highest BCUT2D eigenvalue weighted by Gasteiger charge is 2.13. The second kappa shape index (κ2) is 29.4. The van der Waals surface area contributed by atoms with E-state index in [1.165, 1.54) is 103 Å². The van der Waals surface area contributed by atoms with Gasteiger partial charge in [-0.1, -0.05) is 129 Å². The lowest BCUT2D eigenvalue weighted by molar-refractivity contribution is -0.149. The van der Waals surface area contributed by atoms with Crippen molar-refractivity contribution in [3.05, 3.63) is 0 Å². The zero-order valence-electron chi connectivity index (χ0n) is 27.6. The van der Waals surface area contributed by atoms with Crippen LogP contribution in [-0.4, -0.2) is 49.2 Å². The van der Waals surface area contributed by atoms with E-state index >= 15 is 0 Å². The molecule has 0 aromatic rings. The Kier molecular flexibility index (Phi) is 28.6. The molecular formula is C35H69NO4. The van der Waals surface area contributed by atoms with Crippen LogP contribution in [0.1, 0.15) is 182 Å². The molecule has 0 spiro atoms. The number of unbranched alkanes of at least 4 members (excludes halogenated alkanes) is 18. The molecular weight excluding hydrogens is 498 g/mol. The third kappa shape index (κ3) is 28.4. The van der Waals surface area contributed by atoms with Gasteiger partial charge < -0.3 is 14.4 Å². The highest BCUT2D eigenvalue weighted by Crippen LogP contribution is 2.14. The third-order valence-electron chi connectivity index (χ3n) is 7.97. The molecule has 0 saturated heterocycles. The van der Waals surface area contributed by atoms with Crippen LogP contribution in [0, 0.1) is 0 Å². The van der Waals surface area contributed by atoms with Gasteiger partial charge in [0.15, 0.2) is 0 Å². The largest absolute Gasteiger partial charge is 0.463 e. The molecule has 0 heterocycles. The first kappa shape index (κ1) is 38.9. The Labute approximate surface area is 249 Å². The molecule has 0 amide bonds. The minimum absolute atomic E-state index is 0.0577. The zero-order valence-corrected chi connectivity index (χ0v) is 27.6. The van der Waals surface area contributed by atoms with Gasteiger partial charge in [0.1, 0.15) is 12.2 Å². The van der Waals surface area contributed by atoms with Crippen LogP contribution in [-0.2, 0) is 19.1 Å². The fraction of sp³-hybridized carbons (Fsp3) is 0.943. The van der Waals surface area contributed by atoms with Crippen molar-refractivity contribution >= 4 is 11.9 Å². The molecule has 5 nitrogen and oxygen atoms in total. The molecule has 40 heavy (non-hydrogen) atoms. The topological polar surface area (TPSA) is 55.8 Å². The first-order valence-electron chi connectivity index (χ1n) is 17.5. The maximum Gasteiger partial charge on any atom is 0.306 e. The summed E-state index contributed by atoms with van der Waals surface area (Å²) in [5.74, 6) is -0.115. The summed E-state index contributed by atoms with van der Waals surface area (Å²) in [5.41, 5.74) is 0. The number of hydrogen-bond donors (Lipinski definition) is 0. The summed E-state index contributed by atoms with van der Waals surface area (Å²) in [6.07, 6.45) is 28.0. The lowest BCUT2D eigenvalue weighted by Crippen LogP contribution is -2.28. The van der Waals surface area contributed by atoms with E-state index in [4.69, 9.17) is 9.47 Å². The first-order chi connectivity index (χ1) is 19.4. The fourth-order valence-electron chi connectivity index (χ4n) is 5.11. The van der Waals surface area contributed by atoms with Crippen molar-refractivity contribution in [1.29, 1.82) is 0 Å². The molecule has 0 aliphatic carbocycles. The molecule has 0 aromatic heterocycles. The van der Waals surface area contributed by atoms with Crippen molar-refractivity contribution in [2.45, 2.75) is 194 Å². The molecule has 2 unspecified atom stereocenters. The van der Waals surface area contributed by atoms with Gasteiger partial charge in [-0.25, -0.2) is 0 Å². The quantitative estimate of drug-likeness (QED) is 0.0638. The van der Waals surface area contributed by atoms with Gasteiger partial charge in [0, 0.05) is 25.9 Å². The summed E-state index contributed by atoms with van der Waals surface area (Å²) < 4.78 is 11.2. The summed E-state index contributed by atoms with van der Waals surface area (Å²) in [7, 11) is 2.08. The second-order valence-electron chi connectivity index (χ2n) is 12.3. The molecule has 0 rings (SSSR count). The Hall–Kier alpha value is -1.10. The maximum absolute atomic E-state index is 12.2. The molecule has 0 fully saturated rings. The number of esters is 2. The van der Waals surface area contributed by atoms with Gasteiger partial charge >= 0.3 is 11.9 Å². The van der Waals surface area contributed by atoms with Crippen molar-refractivity contribution in [1.82, 2.24) is 4.90 Å². The van der Waals surface area contributed by atoms with E-state index in [-0.39, 0.29) is 24.1 Å². The van der Waals surface area contributed by atoms with Crippen LogP contribution in [0.2, 0.25) is 0 Å². The van der Waals surface area contributed by atoms with Gasteiger partial charge in [0.05, 0.1) is 0 Å². The Morgan fingerprint density at radius 2 is 0.775 bits per heavy atom. The summed E-state index contributed by atoms with van der Waals surface area (Å²) in [5, 5.41) is 0. The molecule has 0 aliphatic rings. The number of carbonyl (C=O) groups is 2. The molecule has 0 saturated carbocycles. The van der Waals surface area contributed by atoms with Crippen LogP contribution in [0.5, 0.6) is 0 Å². The number of nitrogens with zero attached hydrogens (tertiary/aromatic N) is 1. The Morgan fingerprint density at radius 3 is 1.07 bits per heavy atom. The summed E-state index contributed by atoms with van der Waals surface area (Å²) in [6.45, 7) is 10.2. The van der Waals surface area contributed by atoms with E-state index in [0.717, 1.165) is 51.6 Å².